The summed E-state index contributed by atoms with van der Waals surface area (Å²) in [6, 6.07) is 13.6. The van der Waals surface area contributed by atoms with Crippen LogP contribution < -0.4 is 5.32 Å². The van der Waals surface area contributed by atoms with Gasteiger partial charge in [-0.15, -0.1) is 0 Å². The van der Waals surface area contributed by atoms with Crippen LogP contribution in [-0.4, -0.2) is 18.2 Å². The van der Waals surface area contributed by atoms with Crippen LogP contribution >= 0.6 is 11.6 Å². The fourth-order valence-corrected chi connectivity index (χ4v) is 2.61. The fourth-order valence-electron chi connectivity index (χ4n) is 2.36. The summed E-state index contributed by atoms with van der Waals surface area (Å²) in [6.45, 7) is 0. The molecule has 0 atom stereocenters. The molecule has 0 bridgehead atoms. The second kappa shape index (κ2) is 7.84. The van der Waals surface area contributed by atoms with Crippen molar-refractivity contribution in [2.24, 2.45) is 0 Å². The van der Waals surface area contributed by atoms with E-state index < -0.39 is 11.8 Å². The van der Waals surface area contributed by atoms with E-state index in [1.165, 1.54) is 31.4 Å². The number of halogens is 2. The predicted octanol–water partition coefficient (Wildman–Crippen LogP) is 5.00. The second-order valence-corrected chi connectivity index (χ2v) is 5.61. The van der Waals surface area contributed by atoms with Crippen molar-refractivity contribution in [2.45, 2.75) is 0 Å². The van der Waals surface area contributed by atoms with Gasteiger partial charge in [-0.1, -0.05) is 41.0 Å². The van der Waals surface area contributed by atoms with Crippen molar-refractivity contribution < 1.29 is 18.4 Å². The molecule has 0 aliphatic heterocycles. The highest BCUT2D eigenvalue weighted by molar-refractivity contribution is 6.33. The highest BCUT2D eigenvalue weighted by atomic mass is 35.5. The molecular weight excluding hydrogens is 359 g/mol. The first-order valence-corrected chi connectivity index (χ1v) is 8.00. The third-order valence-corrected chi connectivity index (χ3v) is 3.88. The molecule has 7 heteroatoms. The number of ether oxygens (including phenoxy) is 1. The van der Waals surface area contributed by atoms with Gasteiger partial charge in [-0.3, -0.25) is 0 Å². The number of hydrogen-bond donors (Lipinski definition) is 1. The molecule has 3 rings (SSSR count). The molecule has 0 fully saturated rings. The molecule has 0 radical (unpaired) electrons. The molecular formula is C19H14ClFN2O3. The van der Waals surface area contributed by atoms with Crippen molar-refractivity contribution in [3.8, 4) is 11.3 Å². The molecule has 0 spiro atoms. The van der Waals surface area contributed by atoms with E-state index in [0.29, 0.717) is 0 Å². The van der Waals surface area contributed by atoms with E-state index >= 15 is 0 Å². The van der Waals surface area contributed by atoms with Crippen molar-refractivity contribution in [3.63, 3.8) is 0 Å². The van der Waals surface area contributed by atoms with Crippen LogP contribution in [0.5, 0.6) is 0 Å². The SMILES string of the molecule is COC(=O)c1c(-c2c(F)cccc2Cl)noc1/C=C/Nc1ccccc1. The normalized spacial score (nSPS) is 10.9. The largest absolute Gasteiger partial charge is 0.465 e. The summed E-state index contributed by atoms with van der Waals surface area (Å²) in [5, 5.41) is 6.96. The number of esters is 1. The highest BCUT2D eigenvalue weighted by Crippen LogP contribution is 2.34. The molecule has 0 saturated carbocycles. The van der Waals surface area contributed by atoms with Gasteiger partial charge in [0.05, 0.1) is 17.7 Å². The van der Waals surface area contributed by atoms with Crippen LogP contribution in [0, 0.1) is 5.82 Å². The molecule has 0 saturated heterocycles. The minimum absolute atomic E-state index is 0.00869. The Morgan fingerprint density at radius 3 is 2.69 bits per heavy atom. The molecule has 5 nitrogen and oxygen atoms in total. The van der Waals surface area contributed by atoms with Gasteiger partial charge in [0.25, 0.3) is 0 Å². The van der Waals surface area contributed by atoms with Crippen LogP contribution in [0.3, 0.4) is 0 Å². The van der Waals surface area contributed by atoms with E-state index in [1.807, 2.05) is 30.3 Å². The third kappa shape index (κ3) is 3.60. The first kappa shape index (κ1) is 17.7. The Hall–Kier alpha value is -3.12. The fraction of sp³-hybridized carbons (Fsp3) is 0.0526. The number of nitrogens with one attached hydrogen (secondary N) is 1. The molecule has 1 heterocycles. The maximum absolute atomic E-state index is 14.2. The van der Waals surface area contributed by atoms with E-state index in [4.69, 9.17) is 20.9 Å². The van der Waals surface area contributed by atoms with E-state index in [0.717, 1.165) is 5.69 Å². The zero-order chi connectivity index (χ0) is 18.5. The van der Waals surface area contributed by atoms with Crippen LogP contribution in [-0.2, 0) is 4.74 Å². The Balaban J connectivity index is 1.99. The molecule has 1 N–H and O–H groups in total. The number of rotatable bonds is 5. The van der Waals surface area contributed by atoms with E-state index in [1.54, 1.807) is 6.20 Å². The zero-order valence-corrected chi connectivity index (χ0v) is 14.5. The minimum atomic E-state index is -0.708. The Kier molecular flexibility index (Phi) is 5.34. The Morgan fingerprint density at radius 1 is 1.23 bits per heavy atom. The van der Waals surface area contributed by atoms with Crippen LogP contribution in [0.15, 0.2) is 59.3 Å². The Labute approximate surface area is 154 Å². The average Bonchev–Trinajstić information content (AvgIpc) is 3.05. The molecule has 1 aromatic heterocycles. The Morgan fingerprint density at radius 2 is 2.00 bits per heavy atom. The van der Waals surface area contributed by atoms with E-state index in [9.17, 15) is 9.18 Å². The highest BCUT2D eigenvalue weighted by Gasteiger charge is 2.26. The van der Waals surface area contributed by atoms with Crippen molar-refractivity contribution in [1.29, 1.82) is 0 Å². The number of aromatic nitrogens is 1. The van der Waals surface area contributed by atoms with Crippen LogP contribution in [0.4, 0.5) is 10.1 Å². The molecule has 0 amide bonds. The van der Waals surface area contributed by atoms with Crippen molar-refractivity contribution in [3.05, 3.63) is 76.9 Å². The monoisotopic (exact) mass is 372 g/mol. The van der Waals surface area contributed by atoms with Crippen LogP contribution in [0.25, 0.3) is 17.3 Å². The summed E-state index contributed by atoms with van der Waals surface area (Å²) in [5.41, 5.74) is 0.805. The maximum atomic E-state index is 14.2. The van der Waals surface area contributed by atoms with Crippen LogP contribution in [0.1, 0.15) is 16.1 Å². The van der Waals surface area contributed by atoms with Gasteiger partial charge in [0.15, 0.2) is 5.76 Å². The van der Waals surface area contributed by atoms with Gasteiger partial charge in [-0.25, -0.2) is 9.18 Å². The first-order valence-electron chi connectivity index (χ1n) is 7.62. The lowest BCUT2D eigenvalue weighted by Gasteiger charge is -2.04. The summed E-state index contributed by atoms with van der Waals surface area (Å²) in [7, 11) is 1.22. The van der Waals surface area contributed by atoms with Gasteiger partial charge < -0.3 is 14.6 Å². The standard InChI is InChI=1S/C19H14ClFN2O3/c1-25-19(24)17-15(10-11-22-12-6-3-2-4-7-12)26-23-18(17)16-13(20)8-5-9-14(16)21/h2-11,22H,1H3/b11-10+. The number of anilines is 1. The number of benzene rings is 2. The lowest BCUT2D eigenvalue weighted by atomic mass is 10.1. The van der Waals surface area contributed by atoms with Gasteiger partial charge in [-0.05, 0) is 24.3 Å². The number of methoxy groups -OCH3 is 1. The molecule has 0 aliphatic carbocycles. The lowest BCUT2D eigenvalue weighted by molar-refractivity contribution is 0.0600. The molecule has 0 aliphatic rings. The zero-order valence-electron chi connectivity index (χ0n) is 13.7. The molecule has 3 aromatic rings. The number of carbonyl (C=O) groups excluding carboxylic acids is 1. The molecule has 26 heavy (non-hydrogen) atoms. The van der Waals surface area contributed by atoms with Crippen molar-refractivity contribution in [1.82, 2.24) is 5.16 Å². The number of para-hydroxylation sites is 1. The van der Waals surface area contributed by atoms with Gasteiger partial charge in [0, 0.05) is 18.0 Å². The van der Waals surface area contributed by atoms with E-state index in [-0.39, 0.29) is 27.6 Å². The topological polar surface area (TPSA) is 64.4 Å². The van der Waals surface area contributed by atoms with Gasteiger partial charge in [0.1, 0.15) is 17.1 Å². The van der Waals surface area contributed by atoms with Gasteiger partial charge in [0.2, 0.25) is 0 Å². The van der Waals surface area contributed by atoms with Gasteiger partial charge >= 0.3 is 5.97 Å². The number of nitrogens with zero attached hydrogens (tertiary/aromatic N) is 1. The quantitative estimate of drug-likeness (QED) is 0.638. The first-order chi connectivity index (χ1) is 12.6. The second-order valence-electron chi connectivity index (χ2n) is 5.20. The average molecular weight is 373 g/mol. The molecule has 2 aromatic carbocycles. The summed E-state index contributed by atoms with van der Waals surface area (Å²) >= 11 is 6.07. The number of carbonyl (C=O) groups is 1. The van der Waals surface area contributed by atoms with Crippen LogP contribution in [0.2, 0.25) is 5.02 Å². The summed E-state index contributed by atoms with van der Waals surface area (Å²) < 4.78 is 24.2. The third-order valence-electron chi connectivity index (χ3n) is 3.57. The van der Waals surface area contributed by atoms with Crippen molar-refractivity contribution in [2.75, 3.05) is 12.4 Å². The summed E-state index contributed by atoms with van der Waals surface area (Å²) in [4.78, 5) is 12.2. The molecule has 0 unspecified atom stereocenters. The van der Waals surface area contributed by atoms with E-state index in [2.05, 4.69) is 10.5 Å². The van der Waals surface area contributed by atoms with Gasteiger partial charge in [-0.2, -0.15) is 0 Å². The predicted molar refractivity (Wildman–Crippen MR) is 97.3 cm³/mol. The van der Waals surface area contributed by atoms with Crippen molar-refractivity contribution >= 4 is 29.3 Å². The Bertz CT molecular complexity index is 934. The minimum Gasteiger partial charge on any atom is -0.465 e. The lowest BCUT2D eigenvalue weighted by Crippen LogP contribution is -2.04. The molecule has 132 valence electrons. The number of hydrogen-bond acceptors (Lipinski definition) is 5. The smallest absolute Gasteiger partial charge is 0.344 e. The summed E-state index contributed by atoms with van der Waals surface area (Å²) in [5.74, 6) is -1.21. The summed E-state index contributed by atoms with van der Waals surface area (Å²) in [6.07, 6.45) is 3.08. The maximum Gasteiger partial charge on any atom is 0.344 e.